The maximum Gasteiger partial charge on any atom is 0.703 e. The lowest BCUT2D eigenvalue weighted by atomic mass is 10.3. The predicted molar refractivity (Wildman–Crippen MR) is 33.6 cm³/mol. The van der Waals surface area contributed by atoms with E-state index in [1.54, 1.807) is 0 Å². The van der Waals surface area contributed by atoms with Crippen LogP contribution in [0.5, 0.6) is 0 Å². The van der Waals surface area contributed by atoms with Crippen LogP contribution in [0.15, 0.2) is 0 Å². The van der Waals surface area contributed by atoms with Crippen LogP contribution in [0, 0.1) is 11.3 Å². The Bertz CT molecular complexity index is 194. The molecule has 0 aromatic heterocycles. The molecule has 10 heteroatoms. The zero-order valence-corrected chi connectivity index (χ0v) is 6.91. The summed E-state index contributed by atoms with van der Waals surface area (Å²) >= 11 is 0. The molecule has 0 unspecified atom stereocenters. The van der Waals surface area contributed by atoms with Gasteiger partial charge in [-0.05, 0) is 0 Å². The van der Waals surface area contributed by atoms with Gasteiger partial charge in [0, 0.05) is 0 Å². The normalized spacial score (nSPS) is 11.1. The maximum atomic E-state index is 11.6. The molecule has 0 radical (unpaired) electrons. The fourth-order valence-corrected chi connectivity index (χ4v) is 0.359. The summed E-state index contributed by atoms with van der Waals surface area (Å²) in [4.78, 5) is 15.6. The Morgan fingerprint density at radius 1 is 1.36 bits per heavy atom. The molecule has 0 spiro atoms. The highest BCUT2D eigenvalue weighted by atomic mass is 19.4. The van der Waals surface area contributed by atoms with Gasteiger partial charge in [0.25, 0.3) is 0 Å². The van der Waals surface area contributed by atoms with Crippen LogP contribution in [0.25, 0.3) is 0 Å². The molecule has 0 aliphatic rings. The summed E-state index contributed by atoms with van der Waals surface area (Å²) in [6.07, 6.45) is -4.97. The third kappa shape index (κ3) is 7.78. The summed E-state index contributed by atoms with van der Waals surface area (Å²) in [7, 11) is -1.30. The molecule has 0 saturated heterocycles. The zero-order chi connectivity index (χ0) is 11.0. The van der Waals surface area contributed by atoms with Crippen LogP contribution in [0.3, 0.4) is 0 Å². The highest BCUT2D eigenvalue weighted by Gasteiger charge is 2.41. The van der Waals surface area contributed by atoms with Gasteiger partial charge < -0.3 is 0 Å². The molecule has 0 heterocycles. The zero-order valence-electron chi connectivity index (χ0n) is 6.91. The fraction of sp³-hybridized carbons (Fsp3) is 0.750. The summed E-state index contributed by atoms with van der Waals surface area (Å²) in [5.41, 5.74) is 0. The van der Waals surface area contributed by atoms with Crippen molar-refractivity contribution in [3.8, 4) is 6.07 Å². The summed E-state index contributed by atoms with van der Waals surface area (Å²) in [6.45, 7) is -0.579. The molecule has 0 fully saturated rings. The molecular weight excluding hydrogens is 210 g/mol. The Balaban J connectivity index is 3.84. The number of nitriles is 1. The third-order valence-electron chi connectivity index (χ3n) is 0.675. The molecule has 6 nitrogen and oxygen atoms in total. The van der Waals surface area contributed by atoms with Crippen LogP contribution in [-0.2, 0) is 24.0 Å². The molecule has 80 valence electrons. The summed E-state index contributed by atoms with van der Waals surface area (Å²) in [5.74, 6) is 0. The molecule has 14 heavy (non-hydrogen) atoms. The standard InChI is InChI=1S/C4H5BF3NO5/c1-10-13-5(12-4(6,7)8)14-11-3-2-9/h3H2,1H3. The van der Waals surface area contributed by atoms with E-state index in [1.807, 2.05) is 0 Å². The number of nitrogens with zero attached hydrogens (tertiary/aromatic N) is 1. The van der Waals surface area contributed by atoms with Gasteiger partial charge in [-0.15, -0.1) is 13.2 Å². The second-order valence-electron chi connectivity index (χ2n) is 1.63. The lowest BCUT2D eigenvalue weighted by Crippen LogP contribution is -2.33. The molecule has 0 aliphatic heterocycles. The van der Waals surface area contributed by atoms with Crippen molar-refractivity contribution in [3.05, 3.63) is 0 Å². The first-order valence-electron chi connectivity index (χ1n) is 3.09. The van der Waals surface area contributed by atoms with E-state index in [0.29, 0.717) is 0 Å². The van der Waals surface area contributed by atoms with Crippen molar-refractivity contribution in [1.82, 2.24) is 0 Å². The maximum absolute atomic E-state index is 11.6. The third-order valence-corrected chi connectivity index (χ3v) is 0.675. The van der Waals surface area contributed by atoms with Gasteiger partial charge in [0.15, 0.2) is 6.61 Å². The van der Waals surface area contributed by atoms with Gasteiger partial charge in [-0.3, -0.25) is 9.54 Å². The Hall–Kier alpha value is -0.855. The molecule has 0 N–H and O–H groups in total. The molecule has 0 aliphatic carbocycles. The van der Waals surface area contributed by atoms with Crippen LogP contribution in [-0.4, -0.2) is 27.4 Å². The smallest absolute Gasteiger partial charge is 0.294 e. The van der Waals surface area contributed by atoms with E-state index in [2.05, 4.69) is 24.0 Å². The minimum atomic E-state index is -4.97. The highest BCUT2D eigenvalue weighted by Crippen LogP contribution is 2.18. The van der Waals surface area contributed by atoms with Crippen molar-refractivity contribution in [3.63, 3.8) is 0 Å². The van der Waals surface area contributed by atoms with Crippen LogP contribution >= 0.6 is 0 Å². The first-order valence-corrected chi connectivity index (χ1v) is 3.09. The molecule has 0 aromatic carbocycles. The van der Waals surface area contributed by atoms with E-state index in [9.17, 15) is 13.2 Å². The minimum Gasteiger partial charge on any atom is -0.294 e. The van der Waals surface area contributed by atoms with Crippen molar-refractivity contribution in [2.75, 3.05) is 13.7 Å². The SMILES string of the molecule is COOB(OOCC#N)OC(F)(F)F. The van der Waals surface area contributed by atoms with Crippen molar-refractivity contribution in [2.45, 2.75) is 6.36 Å². The number of hydrogen-bond acceptors (Lipinski definition) is 6. The Morgan fingerprint density at radius 2 is 2.00 bits per heavy atom. The molecular formula is C4H5BF3NO5. The lowest BCUT2D eigenvalue weighted by Gasteiger charge is -2.12. The van der Waals surface area contributed by atoms with Crippen molar-refractivity contribution in [2.24, 2.45) is 0 Å². The Kier molecular flexibility index (Phi) is 6.18. The molecule has 0 atom stereocenters. The van der Waals surface area contributed by atoms with Gasteiger partial charge in [-0.2, -0.15) is 5.26 Å². The van der Waals surface area contributed by atoms with E-state index in [0.717, 1.165) is 7.11 Å². The fourth-order valence-electron chi connectivity index (χ4n) is 0.359. The predicted octanol–water partition coefficient (Wildman–Crippen LogP) is 0.557. The molecule has 0 saturated carbocycles. The first-order chi connectivity index (χ1) is 6.49. The van der Waals surface area contributed by atoms with Crippen molar-refractivity contribution >= 4 is 7.32 Å². The van der Waals surface area contributed by atoms with E-state index in [-0.39, 0.29) is 0 Å². The van der Waals surface area contributed by atoms with Crippen LogP contribution in [0.2, 0.25) is 0 Å². The minimum absolute atomic E-state index is 0.579. The number of rotatable bonds is 6. The van der Waals surface area contributed by atoms with Crippen LogP contribution in [0.4, 0.5) is 13.2 Å². The van der Waals surface area contributed by atoms with Gasteiger partial charge in [-0.1, -0.05) is 0 Å². The van der Waals surface area contributed by atoms with Gasteiger partial charge in [0.05, 0.1) is 13.2 Å². The molecule has 0 amide bonds. The van der Waals surface area contributed by atoms with Crippen molar-refractivity contribution in [1.29, 1.82) is 5.26 Å². The van der Waals surface area contributed by atoms with Crippen LogP contribution in [0.1, 0.15) is 0 Å². The van der Waals surface area contributed by atoms with E-state index in [4.69, 9.17) is 5.26 Å². The van der Waals surface area contributed by atoms with E-state index < -0.39 is 20.3 Å². The lowest BCUT2D eigenvalue weighted by molar-refractivity contribution is -0.345. The van der Waals surface area contributed by atoms with Gasteiger partial charge in [0.1, 0.15) is 0 Å². The molecule has 0 rings (SSSR count). The van der Waals surface area contributed by atoms with E-state index in [1.165, 1.54) is 6.07 Å². The molecule has 0 bridgehead atoms. The highest BCUT2D eigenvalue weighted by molar-refractivity contribution is 6.35. The van der Waals surface area contributed by atoms with E-state index >= 15 is 0 Å². The summed E-state index contributed by atoms with van der Waals surface area (Å²) in [5, 5.41) is 7.95. The second kappa shape index (κ2) is 6.58. The average Bonchev–Trinajstić information content (AvgIpc) is 2.02. The summed E-state index contributed by atoms with van der Waals surface area (Å²) in [6, 6.07) is 1.45. The number of hydrogen-bond donors (Lipinski definition) is 0. The van der Waals surface area contributed by atoms with Crippen LogP contribution < -0.4 is 0 Å². The van der Waals surface area contributed by atoms with Gasteiger partial charge >= 0.3 is 13.7 Å². The van der Waals surface area contributed by atoms with Gasteiger partial charge in [0.2, 0.25) is 0 Å². The first kappa shape index (κ1) is 13.1. The number of halogens is 3. The number of alkyl halides is 3. The molecule has 0 aromatic rings. The summed E-state index contributed by atoms with van der Waals surface area (Å²) < 4.78 is 38.0. The van der Waals surface area contributed by atoms with Crippen molar-refractivity contribution < 1.29 is 37.2 Å². The Morgan fingerprint density at radius 3 is 2.43 bits per heavy atom. The average molecular weight is 215 g/mol. The Labute approximate surface area is 77.1 Å². The quantitative estimate of drug-likeness (QED) is 0.279. The second-order valence-corrected chi connectivity index (χ2v) is 1.63. The largest absolute Gasteiger partial charge is 0.703 e. The van der Waals surface area contributed by atoms with Gasteiger partial charge in [-0.25, -0.2) is 14.5 Å². The topological polar surface area (TPSA) is 69.9 Å². The monoisotopic (exact) mass is 215 g/mol.